The van der Waals surface area contributed by atoms with Crippen molar-refractivity contribution in [1.29, 1.82) is 0 Å². The van der Waals surface area contributed by atoms with Crippen molar-refractivity contribution >= 4 is 17.3 Å². The zero-order chi connectivity index (χ0) is 13.3. The molecule has 0 saturated carbocycles. The van der Waals surface area contributed by atoms with Gasteiger partial charge >= 0.3 is 0 Å². The predicted molar refractivity (Wildman–Crippen MR) is 78.3 cm³/mol. The van der Waals surface area contributed by atoms with E-state index in [4.69, 9.17) is 17.3 Å². The lowest BCUT2D eigenvalue weighted by molar-refractivity contribution is 0.139. The Labute approximate surface area is 115 Å². The van der Waals surface area contributed by atoms with Crippen LogP contribution in [0.5, 0.6) is 0 Å². The lowest BCUT2D eigenvalue weighted by Gasteiger charge is -2.46. The molecule has 3 nitrogen and oxygen atoms in total. The number of halogens is 1. The largest absolute Gasteiger partial charge is 0.368 e. The van der Waals surface area contributed by atoms with Gasteiger partial charge in [-0.15, -0.1) is 0 Å². The molecule has 18 heavy (non-hydrogen) atoms. The van der Waals surface area contributed by atoms with Gasteiger partial charge in [0.1, 0.15) is 0 Å². The molecule has 2 rings (SSSR count). The quantitative estimate of drug-likeness (QED) is 0.893. The summed E-state index contributed by atoms with van der Waals surface area (Å²) in [5.74, 6) is 0. The molecule has 4 heteroatoms. The Hall–Kier alpha value is -0.770. The molecule has 0 atom stereocenters. The second kappa shape index (κ2) is 5.08. The van der Waals surface area contributed by atoms with Gasteiger partial charge in [0.2, 0.25) is 0 Å². The number of hydrogen-bond donors (Lipinski definition) is 1. The van der Waals surface area contributed by atoms with E-state index in [0.717, 1.165) is 24.7 Å². The van der Waals surface area contributed by atoms with Crippen LogP contribution in [0.1, 0.15) is 19.4 Å². The van der Waals surface area contributed by atoms with E-state index in [1.54, 1.807) is 0 Å². The van der Waals surface area contributed by atoms with E-state index in [9.17, 15) is 0 Å². The molecule has 0 unspecified atom stereocenters. The normalized spacial score (nSPS) is 20.2. The molecule has 1 fully saturated rings. The van der Waals surface area contributed by atoms with Crippen molar-refractivity contribution in [2.45, 2.75) is 25.9 Å². The molecule has 1 aromatic carbocycles. The van der Waals surface area contributed by atoms with Crippen LogP contribution in [0.3, 0.4) is 0 Å². The summed E-state index contributed by atoms with van der Waals surface area (Å²) < 4.78 is 0. The zero-order valence-electron chi connectivity index (χ0n) is 11.4. The Morgan fingerprint density at radius 3 is 2.67 bits per heavy atom. The van der Waals surface area contributed by atoms with Crippen LogP contribution in [0, 0.1) is 0 Å². The van der Waals surface area contributed by atoms with Crippen molar-refractivity contribution in [2.75, 3.05) is 31.6 Å². The summed E-state index contributed by atoms with van der Waals surface area (Å²) in [6, 6.07) is 5.97. The maximum Gasteiger partial charge on any atom is 0.0427 e. The average molecular weight is 268 g/mol. The summed E-state index contributed by atoms with van der Waals surface area (Å²) in [7, 11) is 2.18. The first-order valence-electron chi connectivity index (χ1n) is 6.39. The highest BCUT2D eigenvalue weighted by molar-refractivity contribution is 6.30. The van der Waals surface area contributed by atoms with E-state index in [1.165, 1.54) is 11.3 Å². The van der Waals surface area contributed by atoms with Gasteiger partial charge in [0.25, 0.3) is 0 Å². The minimum atomic E-state index is 0.173. The molecule has 0 spiro atoms. The van der Waals surface area contributed by atoms with E-state index in [0.29, 0.717) is 6.54 Å². The van der Waals surface area contributed by atoms with Crippen molar-refractivity contribution in [2.24, 2.45) is 5.73 Å². The number of nitrogens with two attached hydrogens (primary N) is 1. The smallest absolute Gasteiger partial charge is 0.0427 e. The molecule has 0 aromatic heterocycles. The fourth-order valence-electron chi connectivity index (χ4n) is 2.45. The monoisotopic (exact) mass is 267 g/mol. The van der Waals surface area contributed by atoms with Gasteiger partial charge in [0.15, 0.2) is 0 Å². The molecule has 1 aliphatic heterocycles. The van der Waals surface area contributed by atoms with Crippen molar-refractivity contribution in [1.82, 2.24) is 4.90 Å². The minimum Gasteiger partial charge on any atom is -0.368 e. The third kappa shape index (κ3) is 2.63. The molecule has 1 saturated heterocycles. The number of benzene rings is 1. The van der Waals surface area contributed by atoms with Crippen LogP contribution >= 0.6 is 11.6 Å². The molecular weight excluding hydrogens is 246 g/mol. The standard InChI is InChI=1S/C14H22ClN3/c1-14(2)10-18(7-6-17(14)3)13-8-12(15)5-4-11(13)9-16/h4-5,8H,6-7,9-10,16H2,1-3H3. The Bertz CT molecular complexity index is 431. The number of nitrogens with zero attached hydrogens (tertiary/aromatic N) is 2. The second-order valence-electron chi connectivity index (χ2n) is 5.63. The van der Waals surface area contributed by atoms with Gasteiger partial charge in [-0.05, 0) is 38.6 Å². The van der Waals surface area contributed by atoms with Crippen LogP contribution < -0.4 is 10.6 Å². The molecule has 100 valence electrons. The van der Waals surface area contributed by atoms with Gasteiger partial charge in [0.05, 0.1) is 0 Å². The highest BCUT2D eigenvalue weighted by Crippen LogP contribution is 2.29. The Morgan fingerprint density at radius 2 is 2.06 bits per heavy atom. The molecule has 0 bridgehead atoms. The summed E-state index contributed by atoms with van der Waals surface area (Å²) in [4.78, 5) is 4.80. The molecule has 0 amide bonds. The van der Waals surface area contributed by atoms with Crippen LogP contribution in [0.15, 0.2) is 18.2 Å². The van der Waals surface area contributed by atoms with Crippen molar-refractivity contribution in [3.8, 4) is 0 Å². The predicted octanol–water partition coefficient (Wildman–Crippen LogP) is 2.33. The fourth-order valence-corrected chi connectivity index (χ4v) is 2.62. The Kier molecular flexibility index (Phi) is 3.85. The fraction of sp³-hybridized carbons (Fsp3) is 0.571. The number of anilines is 1. The average Bonchev–Trinajstić information content (AvgIpc) is 2.32. The summed E-state index contributed by atoms with van der Waals surface area (Å²) in [6.45, 7) is 8.17. The van der Waals surface area contributed by atoms with E-state index in [1.807, 2.05) is 18.2 Å². The van der Waals surface area contributed by atoms with Crippen LogP contribution in [-0.2, 0) is 6.54 Å². The van der Waals surface area contributed by atoms with Gasteiger partial charge in [-0.25, -0.2) is 0 Å². The first-order valence-corrected chi connectivity index (χ1v) is 6.76. The molecule has 1 aromatic rings. The first-order chi connectivity index (χ1) is 8.44. The third-order valence-corrected chi connectivity index (χ3v) is 4.16. The van der Waals surface area contributed by atoms with Gasteiger partial charge in [0, 0.05) is 42.4 Å². The van der Waals surface area contributed by atoms with Crippen LogP contribution in [0.4, 0.5) is 5.69 Å². The molecule has 1 heterocycles. The second-order valence-corrected chi connectivity index (χ2v) is 6.07. The van der Waals surface area contributed by atoms with E-state index in [2.05, 4.69) is 30.7 Å². The van der Waals surface area contributed by atoms with Crippen LogP contribution in [0.25, 0.3) is 0 Å². The SMILES string of the molecule is CN1CCN(c2cc(Cl)ccc2CN)CC1(C)C. The zero-order valence-corrected chi connectivity index (χ0v) is 12.2. The van der Waals surface area contributed by atoms with Gasteiger partial charge in [-0.1, -0.05) is 17.7 Å². The lowest BCUT2D eigenvalue weighted by Crippen LogP contribution is -2.57. The molecule has 0 aliphatic carbocycles. The maximum absolute atomic E-state index is 6.11. The summed E-state index contributed by atoms with van der Waals surface area (Å²) >= 11 is 6.11. The number of rotatable bonds is 2. The topological polar surface area (TPSA) is 32.5 Å². The summed E-state index contributed by atoms with van der Waals surface area (Å²) in [5.41, 5.74) is 8.35. The number of piperazine rings is 1. The minimum absolute atomic E-state index is 0.173. The highest BCUT2D eigenvalue weighted by atomic mass is 35.5. The summed E-state index contributed by atoms with van der Waals surface area (Å²) in [5, 5.41) is 0.777. The number of likely N-dealkylation sites (N-methyl/N-ethyl adjacent to an activating group) is 1. The van der Waals surface area contributed by atoms with Gasteiger partial charge < -0.3 is 10.6 Å². The number of hydrogen-bond acceptors (Lipinski definition) is 3. The van der Waals surface area contributed by atoms with E-state index in [-0.39, 0.29) is 5.54 Å². The highest BCUT2D eigenvalue weighted by Gasteiger charge is 2.31. The van der Waals surface area contributed by atoms with Crippen LogP contribution in [0.2, 0.25) is 5.02 Å². The van der Waals surface area contributed by atoms with E-state index < -0.39 is 0 Å². The van der Waals surface area contributed by atoms with Crippen molar-refractivity contribution in [3.05, 3.63) is 28.8 Å². The molecule has 0 radical (unpaired) electrons. The van der Waals surface area contributed by atoms with Gasteiger partial charge in [-0.2, -0.15) is 0 Å². The third-order valence-electron chi connectivity index (χ3n) is 3.92. The molecule has 1 aliphatic rings. The Morgan fingerprint density at radius 1 is 1.33 bits per heavy atom. The van der Waals surface area contributed by atoms with Gasteiger partial charge in [-0.3, -0.25) is 4.90 Å². The van der Waals surface area contributed by atoms with Crippen molar-refractivity contribution in [3.63, 3.8) is 0 Å². The van der Waals surface area contributed by atoms with Crippen LogP contribution in [-0.4, -0.2) is 37.1 Å². The Balaban J connectivity index is 2.29. The first kappa shape index (κ1) is 13.7. The summed E-state index contributed by atoms with van der Waals surface area (Å²) in [6.07, 6.45) is 0. The van der Waals surface area contributed by atoms with E-state index >= 15 is 0 Å². The van der Waals surface area contributed by atoms with Crippen molar-refractivity contribution < 1.29 is 0 Å². The maximum atomic E-state index is 6.11. The molecular formula is C14H22ClN3. The lowest BCUT2D eigenvalue weighted by atomic mass is 9.98. The molecule has 2 N–H and O–H groups in total.